The van der Waals surface area contributed by atoms with Crippen LogP contribution in [0.4, 0.5) is 0 Å². The molecule has 0 radical (unpaired) electrons. The van der Waals surface area contributed by atoms with Crippen LogP contribution in [0.25, 0.3) is 106 Å². The molecule has 61 heavy (non-hydrogen) atoms. The predicted octanol–water partition coefficient (Wildman–Crippen LogP) is 14.0. The first-order valence-corrected chi connectivity index (χ1v) is 20.5. The fourth-order valence-electron chi connectivity index (χ4n) is 8.28. The van der Waals surface area contributed by atoms with Crippen molar-refractivity contribution in [2.45, 2.75) is 0 Å². The maximum absolute atomic E-state index is 5.40. The van der Waals surface area contributed by atoms with Crippen molar-refractivity contribution >= 4 is 16.3 Å². The lowest BCUT2D eigenvalue weighted by Crippen LogP contribution is -2.01. The fourth-order valence-corrected chi connectivity index (χ4v) is 8.28. The molecule has 11 aromatic rings. The van der Waals surface area contributed by atoms with E-state index >= 15 is 0 Å². The lowest BCUT2D eigenvalue weighted by Gasteiger charge is -2.14. The van der Waals surface area contributed by atoms with Gasteiger partial charge in [0.15, 0.2) is 17.5 Å². The molecule has 3 heterocycles. The van der Waals surface area contributed by atoms with E-state index in [1.54, 1.807) is 0 Å². The van der Waals surface area contributed by atoms with Crippen molar-refractivity contribution < 1.29 is 0 Å². The van der Waals surface area contributed by atoms with Gasteiger partial charge in [-0.1, -0.05) is 194 Å². The first-order chi connectivity index (χ1) is 30.2. The zero-order valence-electron chi connectivity index (χ0n) is 33.1. The molecule has 0 unspecified atom stereocenters. The summed E-state index contributed by atoms with van der Waals surface area (Å²) in [7, 11) is 0. The van der Waals surface area contributed by atoms with Crippen molar-refractivity contribution in [1.29, 1.82) is 0 Å². The third-order valence-corrected chi connectivity index (χ3v) is 11.2. The van der Waals surface area contributed by atoms with Gasteiger partial charge in [-0.25, -0.2) is 19.5 Å². The Kier molecular flexibility index (Phi) is 9.10. The zero-order valence-corrected chi connectivity index (χ0v) is 33.1. The van der Waals surface area contributed by atoms with Crippen molar-refractivity contribution in [2.75, 3.05) is 0 Å². The number of pyridine rings is 1. The quantitative estimate of drug-likeness (QED) is 0.154. The molecule has 0 saturated carbocycles. The summed E-state index contributed by atoms with van der Waals surface area (Å²) in [5, 5.41) is 7.54. The van der Waals surface area contributed by atoms with Crippen LogP contribution in [0.3, 0.4) is 0 Å². The molecular weight excluding hydrogens is 743 g/mol. The molecule has 0 aliphatic carbocycles. The topological polar surface area (TPSA) is 56.0 Å². The third kappa shape index (κ3) is 6.84. The Labute approximate surface area is 354 Å². The van der Waals surface area contributed by atoms with E-state index < -0.39 is 0 Å². The van der Waals surface area contributed by atoms with Crippen molar-refractivity contribution in [3.05, 3.63) is 224 Å². The van der Waals surface area contributed by atoms with Crippen LogP contribution in [0.1, 0.15) is 0 Å². The van der Waals surface area contributed by atoms with Crippen molar-refractivity contribution in [3.8, 4) is 90.1 Å². The summed E-state index contributed by atoms with van der Waals surface area (Å²) in [6.07, 6.45) is 0. The summed E-state index contributed by atoms with van der Waals surface area (Å²) >= 11 is 0. The Balaban J connectivity index is 1.16. The van der Waals surface area contributed by atoms with E-state index in [1.165, 1.54) is 0 Å². The van der Waals surface area contributed by atoms with Crippen LogP contribution in [0.5, 0.6) is 0 Å². The van der Waals surface area contributed by atoms with Crippen LogP contribution in [0.15, 0.2) is 224 Å². The van der Waals surface area contributed by atoms with Crippen LogP contribution in [-0.4, -0.2) is 24.6 Å². The smallest absolute Gasteiger partial charge is 0.164 e. The Morgan fingerprint density at radius 3 is 1.26 bits per heavy atom. The maximum atomic E-state index is 5.40. The minimum atomic E-state index is 0.597. The molecule has 0 bridgehead atoms. The Bertz CT molecular complexity index is 3260. The van der Waals surface area contributed by atoms with Gasteiger partial charge in [0.2, 0.25) is 0 Å². The van der Waals surface area contributed by atoms with Crippen LogP contribution >= 0.6 is 0 Å². The fraction of sp³-hybridized carbons (Fsp3) is 0. The number of fused-ring (bicyclic) bond motifs is 3. The minimum Gasteiger partial charge on any atom is -0.231 e. The van der Waals surface area contributed by atoms with Crippen LogP contribution in [0.2, 0.25) is 0 Å². The summed E-state index contributed by atoms with van der Waals surface area (Å²) in [5.74, 6) is 1.82. The van der Waals surface area contributed by atoms with E-state index in [0.717, 1.165) is 88.9 Å². The molecular formula is C56H37N5. The van der Waals surface area contributed by atoms with Crippen LogP contribution < -0.4 is 0 Å². The highest BCUT2D eigenvalue weighted by Crippen LogP contribution is 2.42. The van der Waals surface area contributed by atoms with Gasteiger partial charge in [0, 0.05) is 38.8 Å². The number of aromatic nitrogens is 5. The van der Waals surface area contributed by atoms with Crippen LogP contribution in [0, 0.1) is 0 Å². The minimum absolute atomic E-state index is 0.597. The number of hydrogen-bond acceptors (Lipinski definition) is 4. The zero-order chi connectivity index (χ0) is 40.5. The lowest BCUT2D eigenvalue weighted by atomic mass is 9.95. The average molecular weight is 780 g/mol. The molecule has 0 aliphatic heterocycles. The highest BCUT2D eigenvalue weighted by atomic mass is 15.2. The predicted molar refractivity (Wildman–Crippen MR) is 250 cm³/mol. The molecule has 8 aromatic carbocycles. The summed E-state index contributed by atoms with van der Waals surface area (Å²) in [6, 6.07) is 78.1. The van der Waals surface area contributed by atoms with Gasteiger partial charge in [0.05, 0.1) is 11.2 Å². The summed E-state index contributed by atoms with van der Waals surface area (Å²) in [4.78, 5) is 15.6. The van der Waals surface area contributed by atoms with Gasteiger partial charge < -0.3 is 0 Å². The van der Waals surface area contributed by atoms with Gasteiger partial charge in [-0.15, -0.1) is 0 Å². The van der Waals surface area contributed by atoms with Gasteiger partial charge >= 0.3 is 0 Å². The van der Waals surface area contributed by atoms with Crippen molar-refractivity contribution in [1.82, 2.24) is 24.6 Å². The van der Waals surface area contributed by atoms with Gasteiger partial charge in [-0.3, -0.25) is 0 Å². The van der Waals surface area contributed by atoms with Gasteiger partial charge in [-0.2, -0.15) is 5.10 Å². The van der Waals surface area contributed by atoms with Gasteiger partial charge in [0.25, 0.3) is 0 Å². The van der Waals surface area contributed by atoms with E-state index in [0.29, 0.717) is 17.5 Å². The highest BCUT2D eigenvalue weighted by Gasteiger charge is 2.22. The molecule has 0 N–H and O–H groups in total. The summed E-state index contributed by atoms with van der Waals surface area (Å²) < 4.78 is 2.13. The van der Waals surface area contributed by atoms with E-state index in [4.69, 9.17) is 20.1 Å². The molecule has 5 nitrogen and oxygen atoms in total. The van der Waals surface area contributed by atoms with Crippen molar-refractivity contribution in [3.63, 3.8) is 0 Å². The molecule has 286 valence electrons. The van der Waals surface area contributed by atoms with Gasteiger partial charge in [-0.05, 0) is 63.5 Å². The van der Waals surface area contributed by atoms with Gasteiger partial charge in [0.1, 0.15) is 5.69 Å². The first kappa shape index (κ1) is 35.8. The number of nitrogens with zero attached hydrogens (tertiary/aromatic N) is 5. The normalized spacial score (nSPS) is 11.3. The second-order valence-electron chi connectivity index (χ2n) is 15.1. The number of rotatable bonds is 8. The first-order valence-electron chi connectivity index (χ1n) is 20.5. The molecule has 0 spiro atoms. The molecule has 11 rings (SSSR count). The van der Waals surface area contributed by atoms with Crippen molar-refractivity contribution in [2.24, 2.45) is 0 Å². The SMILES string of the molecule is c1ccc(-c2cc(-c3ccccc3)cc(-c3nc(-c4ccccc4)nc(-c4ccc5c(c4)cc(-c4ccccc4)n4nc(-c6ccccc6)c(-c6ccccc6)c54)n3)c2)cc1. The standard InChI is InChI=1S/C56H37N5/c1-7-19-38(20-8-1)45-34-46(39-21-9-2-10-22-39)36-48(35-45)56-58-54(43-29-17-6-18-30-43)57-55(59-56)44-31-32-49-47(33-44)37-50(40-23-11-3-12-24-40)61-53(49)51(41-25-13-4-14-26-41)52(60-61)42-27-15-5-16-28-42/h1-37H. The molecule has 0 atom stereocenters. The summed E-state index contributed by atoms with van der Waals surface area (Å²) in [6.45, 7) is 0. The molecule has 5 heteroatoms. The monoisotopic (exact) mass is 779 g/mol. The Morgan fingerprint density at radius 2 is 0.721 bits per heavy atom. The average Bonchev–Trinajstić information content (AvgIpc) is 3.76. The lowest BCUT2D eigenvalue weighted by molar-refractivity contribution is 0.979. The Morgan fingerprint density at radius 1 is 0.295 bits per heavy atom. The van der Waals surface area contributed by atoms with Crippen LogP contribution in [-0.2, 0) is 0 Å². The second kappa shape index (κ2) is 15.5. The van der Waals surface area contributed by atoms with E-state index in [-0.39, 0.29) is 0 Å². The molecule has 0 saturated heterocycles. The molecule has 0 aliphatic rings. The maximum Gasteiger partial charge on any atom is 0.164 e. The second-order valence-corrected chi connectivity index (χ2v) is 15.1. The highest BCUT2D eigenvalue weighted by molar-refractivity contribution is 6.09. The number of hydrogen-bond donors (Lipinski definition) is 0. The molecule has 0 amide bonds. The summed E-state index contributed by atoms with van der Waals surface area (Å²) in [5.41, 5.74) is 14.4. The molecule has 0 fully saturated rings. The largest absolute Gasteiger partial charge is 0.231 e. The van der Waals surface area contributed by atoms with E-state index in [9.17, 15) is 0 Å². The Hall–Kier alpha value is -8.28. The number of benzene rings is 8. The third-order valence-electron chi connectivity index (χ3n) is 11.2. The molecule has 3 aromatic heterocycles. The van der Waals surface area contributed by atoms with E-state index in [1.807, 2.05) is 36.4 Å². The van der Waals surface area contributed by atoms with E-state index in [2.05, 4.69) is 193 Å².